The van der Waals surface area contributed by atoms with Gasteiger partial charge in [-0.05, 0) is 125 Å². The van der Waals surface area contributed by atoms with Crippen LogP contribution < -0.4 is 10.6 Å². The van der Waals surface area contributed by atoms with Crippen molar-refractivity contribution in [1.29, 1.82) is 0 Å². The monoisotopic (exact) mass is 646 g/mol. The van der Waals surface area contributed by atoms with Gasteiger partial charge >= 0.3 is 11.9 Å². The van der Waals surface area contributed by atoms with Crippen LogP contribution in [0.3, 0.4) is 0 Å². The molecule has 2 aromatic heterocycles. The lowest BCUT2D eigenvalue weighted by Crippen LogP contribution is -2.15. The van der Waals surface area contributed by atoms with Gasteiger partial charge in [-0.15, -0.1) is 0 Å². The largest absolute Gasteiger partial charge is 0.481 e. The number of unbranched alkanes of at least 4 members (excludes halogenated alkanes) is 2. The number of carboxylic acids is 2. The van der Waals surface area contributed by atoms with E-state index in [0.29, 0.717) is 32.1 Å². The molecule has 2 amide bonds. The van der Waals surface area contributed by atoms with Gasteiger partial charge in [-0.1, -0.05) is 13.8 Å². The maximum atomic E-state index is 12.5. The van der Waals surface area contributed by atoms with Crippen LogP contribution in [0.5, 0.6) is 0 Å². The summed E-state index contributed by atoms with van der Waals surface area (Å²) in [4.78, 5) is 54.6. The molecule has 0 aromatic carbocycles. The number of amides is 2. The van der Waals surface area contributed by atoms with Gasteiger partial charge in [-0.25, -0.2) is 0 Å². The van der Waals surface area contributed by atoms with Gasteiger partial charge in [0.25, 0.3) is 11.8 Å². The van der Waals surface area contributed by atoms with Crippen molar-refractivity contribution in [2.75, 3.05) is 0 Å². The Morgan fingerprint density at radius 2 is 1.02 bits per heavy atom. The summed E-state index contributed by atoms with van der Waals surface area (Å²) in [6, 6.07) is 0. The van der Waals surface area contributed by atoms with Crippen molar-refractivity contribution >= 4 is 35.9 Å². The lowest BCUT2D eigenvalue weighted by molar-refractivity contribution is -0.138. The Bertz CT molecular complexity index is 1590. The summed E-state index contributed by atoms with van der Waals surface area (Å²) in [5.74, 6) is -1.79. The second-order valence-corrected chi connectivity index (χ2v) is 12.6. The number of allylic oxidation sites excluding steroid dienone is 2. The van der Waals surface area contributed by atoms with E-state index in [-0.39, 0.29) is 24.7 Å². The zero-order chi connectivity index (χ0) is 34.4. The number of rotatable bonds is 16. The Morgan fingerprint density at radius 1 is 0.638 bits per heavy atom. The van der Waals surface area contributed by atoms with Gasteiger partial charge in [0.05, 0.1) is 0 Å². The Labute approximate surface area is 276 Å². The summed E-state index contributed by atoms with van der Waals surface area (Å²) in [5.41, 5.74) is 13.2. The van der Waals surface area contributed by atoms with Gasteiger partial charge in [-0.2, -0.15) is 0 Å². The van der Waals surface area contributed by atoms with Crippen LogP contribution in [0.2, 0.25) is 0 Å². The molecule has 0 unspecified atom stereocenters. The first kappa shape index (κ1) is 35.3. The summed E-state index contributed by atoms with van der Waals surface area (Å²) in [6.45, 7) is 11.9. The van der Waals surface area contributed by atoms with Gasteiger partial charge in [0, 0.05) is 64.6 Å². The first-order valence-corrected chi connectivity index (χ1v) is 16.7. The summed E-state index contributed by atoms with van der Waals surface area (Å²) in [5, 5.41) is 24.4. The summed E-state index contributed by atoms with van der Waals surface area (Å²) < 4.78 is 0. The highest BCUT2D eigenvalue weighted by Gasteiger charge is 2.26. The molecule has 2 aromatic rings. The van der Waals surface area contributed by atoms with Crippen LogP contribution >= 0.6 is 0 Å². The van der Waals surface area contributed by atoms with Crippen LogP contribution in [0.4, 0.5) is 0 Å². The molecule has 252 valence electrons. The number of aromatic amines is 2. The molecule has 0 fully saturated rings. The Kier molecular flexibility index (Phi) is 11.5. The number of nitrogens with one attached hydrogen (secondary N) is 4. The topological polar surface area (TPSA) is 164 Å². The normalized spacial score (nSPS) is 16.6. The number of carbonyl (C=O) groups is 4. The second-order valence-electron chi connectivity index (χ2n) is 12.6. The zero-order valence-corrected chi connectivity index (χ0v) is 28.5. The van der Waals surface area contributed by atoms with E-state index in [4.69, 9.17) is 0 Å². The first-order valence-electron chi connectivity index (χ1n) is 16.7. The molecule has 0 bridgehead atoms. The number of H-pyrrole nitrogens is 2. The van der Waals surface area contributed by atoms with E-state index in [0.717, 1.165) is 104 Å². The molecule has 10 nitrogen and oxygen atoms in total. The van der Waals surface area contributed by atoms with Crippen LogP contribution in [0.1, 0.15) is 124 Å². The van der Waals surface area contributed by atoms with E-state index in [9.17, 15) is 29.4 Å². The summed E-state index contributed by atoms with van der Waals surface area (Å²) >= 11 is 0. The summed E-state index contributed by atoms with van der Waals surface area (Å²) in [7, 11) is 0. The number of aromatic nitrogens is 2. The van der Waals surface area contributed by atoms with Crippen LogP contribution in [0, 0.1) is 13.8 Å². The minimum atomic E-state index is -0.807. The van der Waals surface area contributed by atoms with Crippen molar-refractivity contribution in [1.82, 2.24) is 20.6 Å². The molecule has 0 spiro atoms. The average molecular weight is 647 g/mol. The van der Waals surface area contributed by atoms with Crippen LogP contribution in [-0.4, -0.2) is 43.9 Å². The number of carboxylic acid groups (broad SMARTS) is 2. The zero-order valence-electron chi connectivity index (χ0n) is 28.5. The molecule has 4 heterocycles. The first-order chi connectivity index (χ1) is 22.4. The van der Waals surface area contributed by atoms with Crippen LogP contribution in [0.25, 0.3) is 12.2 Å². The molecular formula is C37H48N4O6. The highest BCUT2D eigenvalue weighted by atomic mass is 16.5. The predicted octanol–water partition coefficient (Wildman–Crippen LogP) is 6.54. The molecule has 0 radical (unpaired) electrons. The molecule has 2 aliphatic heterocycles. The van der Waals surface area contributed by atoms with E-state index >= 15 is 0 Å². The number of hydrogen-bond acceptors (Lipinski definition) is 4. The van der Waals surface area contributed by atoms with Crippen molar-refractivity contribution in [3.05, 3.63) is 78.7 Å². The molecule has 0 saturated heterocycles. The van der Waals surface area contributed by atoms with Crippen molar-refractivity contribution < 1.29 is 29.4 Å². The minimum Gasteiger partial charge on any atom is -0.481 e. The van der Waals surface area contributed by atoms with Crippen molar-refractivity contribution in [3.63, 3.8) is 0 Å². The number of hydrogen-bond donors (Lipinski definition) is 6. The lowest BCUT2D eigenvalue weighted by Gasteiger charge is -2.08. The van der Waals surface area contributed by atoms with E-state index in [2.05, 4.69) is 34.4 Å². The molecule has 2 aliphatic rings. The van der Waals surface area contributed by atoms with Gasteiger partial charge in [0.2, 0.25) is 0 Å². The van der Waals surface area contributed by atoms with Gasteiger partial charge in [0.1, 0.15) is 0 Å². The average Bonchev–Trinajstić information content (AvgIpc) is 3.66. The molecule has 6 N–H and O–H groups in total. The molecular weight excluding hydrogens is 598 g/mol. The third kappa shape index (κ3) is 8.04. The standard InChI is InChI=1S/C37H48N4O6/c1-7-24-22(5)36(46)40-30(24)17-28-20(3)26(13-9-11-15-34(42)43)32(38-28)19-33-27(14-10-12-16-35(44)45)21(4)29(39-33)18-31-25(8-2)23(6)37(47)41-31/h17-18,38-39H,7-16,19H2,1-6H3,(H,40,46)(H,41,47)(H,42,43)(H,44,45)/b30-17-,31-18-/i34+1,35+1. The maximum Gasteiger partial charge on any atom is 0.303 e. The van der Waals surface area contributed by atoms with Crippen LogP contribution in [-0.2, 0) is 38.4 Å². The number of aliphatic carboxylic acids is 2. The van der Waals surface area contributed by atoms with Crippen molar-refractivity contribution in [2.24, 2.45) is 0 Å². The van der Waals surface area contributed by atoms with Crippen LogP contribution in [0.15, 0.2) is 33.7 Å². The van der Waals surface area contributed by atoms with E-state index < -0.39 is 11.9 Å². The van der Waals surface area contributed by atoms with Crippen molar-refractivity contribution in [2.45, 2.75) is 112 Å². The molecule has 0 atom stereocenters. The highest BCUT2D eigenvalue weighted by molar-refractivity contribution is 6.01. The fourth-order valence-electron chi connectivity index (χ4n) is 6.75. The minimum absolute atomic E-state index is 0.0859. The van der Waals surface area contributed by atoms with Gasteiger partial charge in [-0.3, -0.25) is 19.2 Å². The van der Waals surface area contributed by atoms with E-state index in [1.54, 1.807) is 0 Å². The SMILES string of the molecule is CCC1=C(C)C(=O)N/C1=C\c1[nH]c(Cc2[nH]c(/C=C3\NC(=O)C(C)=C3CC)c(C)c2CCCC[13C](=O)O)c(CCCC[13C](=O)O)c1C. The fourth-order valence-corrected chi connectivity index (χ4v) is 6.75. The predicted molar refractivity (Wildman–Crippen MR) is 182 cm³/mol. The number of carbonyl (C=O) groups excluding carboxylic acids is 2. The quantitative estimate of drug-likeness (QED) is 0.0896. The van der Waals surface area contributed by atoms with Gasteiger partial charge < -0.3 is 30.8 Å². The highest BCUT2D eigenvalue weighted by Crippen LogP contribution is 2.32. The Morgan fingerprint density at radius 3 is 1.36 bits per heavy atom. The Balaban J connectivity index is 1.76. The summed E-state index contributed by atoms with van der Waals surface area (Å²) in [6.07, 6.45) is 10.2. The second kappa shape index (κ2) is 15.3. The fraction of sp³-hybridized carbons (Fsp3) is 0.459. The molecule has 4 rings (SSSR count). The third-order valence-corrected chi connectivity index (χ3v) is 9.52. The van der Waals surface area contributed by atoms with Gasteiger partial charge in [0.15, 0.2) is 0 Å². The molecule has 47 heavy (non-hydrogen) atoms. The maximum absolute atomic E-state index is 12.5. The lowest BCUT2D eigenvalue weighted by atomic mass is 9.97. The molecule has 0 saturated carbocycles. The molecule has 10 heteroatoms. The smallest absolute Gasteiger partial charge is 0.303 e. The van der Waals surface area contributed by atoms with E-state index in [1.165, 1.54) is 0 Å². The third-order valence-electron chi connectivity index (χ3n) is 9.52. The van der Waals surface area contributed by atoms with Crippen molar-refractivity contribution in [3.8, 4) is 0 Å². The Hall–Kier alpha value is -4.60. The molecule has 0 aliphatic carbocycles. The van der Waals surface area contributed by atoms with E-state index in [1.807, 2.05) is 39.8 Å².